The van der Waals surface area contributed by atoms with Gasteiger partial charge in [-0.05, 0) is 48.5 Å². The van der Waals surface area contributed by atoms with Crippen LogP contribution in [-0.4, -0.2) is 52.5 Å². The maximum atomic E-state index is 12.4. The normalized spacial score (nSPS) is 10.3. The van der Waals surface area contributed by atoms with Crippen molar-refractivity contribution in [1.29, 1.82) is 0 Å². The molecule has 3 aromatic rings. The van der Waals surface area contributed by atoms with Crippen molar-refractivity contribution in [3.05, 3.63) is 78.1 Å². The minimum atomic E-state index is -0.448. The maximum Gasteiger partial charge on any atom is 0.337 e. The molecule has 11 heteroatoms. The van der Waals surface area contributed by atoms with Crippen molar-refractivity contribution in [2.75, 3.05) is 25.3 Å². The minimum absolute atomic E-state index is 0.0895. The number of aromatic nitrogens is 3. The maximum absolute atomic E-state index is 12.4. The lowest BCUT2D eigenvalue weighted by Gasteiger charge is -2.09. The molecule has 0 aliphatic heterocycles. The average molecular weight is 496 g/mol. The number of methoxy groups -OCH3 is 2. The quantitative estimate of drug-likeness (QED) is 0.236. The van der Waals surface area contributed by atoms with Crippen LogP contribution in [0.3, 0.4) is 0 Å². The Bertz CT molecular complexity index is 1190. The van der Waals surface area contributed by atoms with Gasteiger partial charge in [-0.2, -0.15) is 0 Å². The molecule has 0 radical (unpaired) electrons. The lowest BCUT2D eigenvalue weighted by Crippen LogP contribution is -2.24. The summed E-state index contributed by atoms with van der Waals surface area (Å²) in [6.07, 6.45) is 1.69. The van der Waals surface area contributed by atoms with Gasteiger partial charge in [0.1, 0.15) is 5.75 Å². The number of thioether (sulfide) groups is 1. The Morgan fingerprint density at radius 1 is 1.03 bits per heavy atom. The lowest BCUT2D eigenvalue weighted by atomic mass is 10.2. The van der Waals surface area contributed by atoms with Crippen LogP contribution < -0.4 is 15.4 Å². The van der Waals surface area contributed by atoms with Crippen molar-refractivity contribution < 1.29 is 23.9 Å². The van der Waals surface area contributed by atoms with Gasteiger partial charge in [0.2, 0.25) is 5.91 Å². The van der Waals surface area contributed by atoms with E-state index >= 15 is 0 Å². The van der Waals surface area contributed by atoms with Crippen molar-refractivity contribution in [2.24, 2.45) is 0 Å². The predicted molar refractivity (Wildman–Crippen MR) is 132 cm³/mol. The van der Waals surface area contributed by atoms with Gasteiger partial charge in [-0.15, -0.1) is 16.8 Å². The van der Waals surface area contributed by atoms with E-state index in [1.165, 1.54) is 18.9 Å². The molecular formula is C24H25N5O5S. The number of hydrogen-bond donors (Lipinski definition) is 2. The summed E-state index contributed by atoms with van der Waals surface area (Å²) in [4.78, 5) is 36.3. The van der Waals surface area contributed by atoms with E-state index in [1.54, 1.807) is 66.3 Å². The first-order valence-corrected chi connectivity index (χ1v) is 11.5. The zero-order valence-corrected chi connectivity index (χ0v) is 20.1. The van der Waals surface area contributed by atoms with E-state index in [9.17, 15) is 14.4 Å². The first kappa shape index (κ1) is 25.5. The van der Waals surface area contributed by atoms with Gasteiger partial charge in [-0.3, -0.25) is 9.59 Å². The topological polar surface area (TPSA) is 124 Å². The smallest absolute Gasteiger partial charge is 0.337 e. The van der Waals surface area contributed by atoms with Gasteiger partial charge in [-0.1, -0.05) is 17.8 Å². The number of nitrogens with one attached hydrogen (secondary N) is 2. The molecule has 182 valence electrons. The van der Waals surface area contributed by atoms with E-state index in [-0.39, 0.29) is 24.1 Å². The molecule has 2 aromatic carbocycles. The molecular weight excluding hydrogens is 470 g/mol. The van der Waals surface area contributed by atoms with Crippen molar-refractivity contribution in [3.63, 3.8) is 0 Å². The second-order valence-corrected chi connectivity index (χ2v) is 8.06. The number of amides is 2. The molecule has 0 aliphatic rings. The molecule has 0 atom stereocenters. The van der Waals surface area contributed by atoms with Gasteiger partial charge in [0.15, 0.2) is 11.0 Å². The zero-order valence-electron chi connectivity index (χ0n) is 19.3. The van der Waals surface area contributed by atoms with Crippen LogP contribution in [0.15, 0.2) is 66.3 Å². The number of hydrogen-bond acceptors (Lipinski definition) is 8. The van der Waals surface area contributed by atoms with Gasteiger partial charge in [0.05, 0.1) is 32.1 Å². The molecule has 2 N–H and O–H groups in total. The molecule has 0 saturated carbocycles. The van der Waals surface area contributed by atoms with Gasteiger partial charge >= 0.3 is 5.97 Å². The number of benzene rings is 2. The summed E-state index contributed by atoms with van der Waals surface area (Å²) in [5.41, 5.74) is 1.44. The van der Waals surface area contributed by atoms with E-state index < -0.39 is 5.97 Å². The van der Waals surface area contributed by atoms with Crippen LogP contribution in [0, 0.1) is 0 Å². The van der Waals surface area contributed by atoms with Crippen LogP contribution in [-0.2, 0) is 22.6 Å². The first-order chi connectivity index (χ1) is 16.9. The number of anilines is 1. The molecule has 10 nitrogen and oxygen atoms in total. The number of esters is 1. The van der Waals surface area contributed by atoms with Gasteiger partial charge in [0.25, 0.3) is 5.91 Å². The number of carbonyl (C=O) groups is 3. The average Bonchev–Trinajstić information content (AvgIpc) is 3.27. The van der Waals surface area contributed by atoms with Crippen LogP contribution in [0.25, 0.3) is 0 Å². The number of nitrogens with zero attached hydrogens (tertiary/aromatic N) is 3. The molecule has 3 rings (SSSR count). The Hall–Kier alpha value is -4.12. The summed E-state index contributed by atoms with van der Waals surface area (Å²) in [6.45, 7) is 4.33. The zero-order chi connectivity index (χ0) is 25.2. The monoisotopic (exact) mass is 495 g/mol. The highest BCUT2D eigenvalue weighted by Gasteiger charge is 2.15. The fraction of sp³-hybridized carbons (Fsp3) is 0.208. The van der Waals surface area contributed by atoms with Crippen LogP contribution in [0.4, 0.5) is 5.69 Å². The van der Waals surface area contributed by atoms with E-state index in [2.05, 4.69) is 32.1 Å². The largest absolute Gasteiger partial charge is 0.497 e. The third-order valence-electron chi connectivity index (χ3n) is 4.79. The Balaban J connectivity index is 1.57. The number of ether oxygens (including phenoxy) is 2. The molecule has 2 amide bonds. The van der Waals surface area contributed by atoms with Crippen LogP contribution in [0.1, 0.15) is 26.5 Å². The Kier molecular flexibility index (Phi) is 9.02. The van der Waals surface area contributed by atoms with Crippen LogP contribution in [0.2, 0.25) is 0 Å². The molecule has 1 aromatic heterocycles. The van der Waals surface area contributed by atoms with Crippen molar-refractivity contribution >= 4 is 35.2 Å². The number of carbonyl (C=O) groups excluding carboxylic acids is 3. The second kappa shape index (κ2) is 12.4. The minimum Gasteiger partial charge on any atom is -0.497 e. The fourth-order valence-corrected chi connectivity index (χ4v) is 3.77. The van der Waals surface area contributed by atoms with E-state index in [0.29, 0.717) is 40.1 Å². The van der Waals surface area contributed by atoms with Gasteiger partial charge in [0, 0.05) is 17.8 Å². The summed E-state index contributed by atoms with van der Waals surface area (Å²) >= 11 is 1.21. The van der Waals surface area contributed by atoms with Crippen molar-refractivity contribution in [2.45, 2.75) is 18.2 Å². The molecule has 35 heavy (non-hydrogen) atoms. The van der Waals surface area contributed by atoms with Crippen molar-refractivity contribution in [1.82, 2.24) is 20.1 Å². The third-order valence-corrected chi connectivity index (χ3v) is 5.75. The molecule has 1 heterocycles. The Labute approximate surface area is 206 Å². The summed E-state index contributed by atoms with van der Waals surface area (Å²) in [5.74, 6) is 0.336. The molecule has 0 spiro atoms. The molecule has 0 bridgehead atoms. The number of allylic oxidation sites excluding steroid dienone is 1. The molecule has 0 aliphatic carbocycles. The summed E-state index contributed by atoms with van der Waals surface area (Å²) < 4.78 is 11.5. The SMILES string of the molecule is C=CCn1c(CNC(=O)c2ccc(OC)cc2)nnc1SCC(=O)Nc1ccc(C(=O)OC)cc1. The van der Waals surface area contributed by atoms with E-state index in [1.807, 2.05) is 0 Å². The highest BCUT2D eigenvalue weighted by atomic mass is 32.2. The Morgan fingerprint density at radius 3 is 2.34 bits per heavy atom. The molecule has 0 fully saturated rings. The molecule has 0 unspecified atom stereocenters. The van der Waals surface area contributed by atoms with E-state index in [4.69, 9.17) is 4.74 Å². The van der Waals surface area contributed by atoms with E-state index in [0.717, 1.165) is 0 Å². The standard InChI is InChI=1S/C24H25N5O5S/c1-4-13-29-20(14-25-22(31)16-7-11-19(33-2)12-8-16)27-28-24(29)35-15-21(30)26-18-9-5-17(6-10-18)23(32)34-3/h4-12H,1,13-15H2,2-3H3,(H,25,31)(H,26,30). The Morgan fingerprint density at radius 2 is 1.71 bits per heavy atom. The highest BCUT2D eigenvalue weighted by molar-refractivity contribution is 7.99. The van der Waals surface area contributed by atoms with Crippen LogP contribution in [0.5, 0.6) is 5.75 Å². The second-order valence-electron chi connectivity index (χ2n) is 7.12. The predicted octanol–water partition coefficient (Wildman–Crippen LogP) is 2.92. The summed E-state index contributed by atoms with van der Waals surface area (Å²) in [5, 5.41) is 14.4. The lowest BCUT2D eigenvalue weighted by molar-refractivity contribution is -0.113. The van der Waals surface area contributed by atoms with Gasteiger partial charge in [-0.25, -0.2) is 4.79 Å². The summed E-state index contributed by atoms with van der Waals surface area (Å²) in [6, 6.07) is 13.2. The van der Waals surface area contributed by atoms with Gasteiger partial charge < -0.3 is 24.7 Å². The fourth-order valence-electron chi connectivity index (χ4n) is 3.01. The van der Waals surface area contributed by atoms with Crippen molar-refractivity contribution in [3.8, 4) is 5.75 Å². The highest BCUT2D eigenvalue weighted by Crippen LogP contribution is 2.19. The summed E-state index contributed by atoms with van der Waals surface area (Å²) in [7, 11) is 2.87. The number of rotatable bonds is 11. The third kappa shape index (κ3) is 6.93. The molecule has 0 saturated heterocycles. The first-order valence-electron chi connectivity index (χ1n) is 10.5. The van der Waals surface area contributed by atoms with Crippen LogP contribution >= 0.6 is 11.8 Å².